The van der Waals surface area contributed by atoms with Gasteiger partial charge in [0.2, 0.25) is 5.88 Å². The molecule has 1 fully saturated rings. The van der Waals surface area contributed by atoms with Crippen LogP contribution in [-0.4, -0.2) is 59.3 Å². The van der Waals surface area contributed by atoms with Crippen LogP contribution in [-0.2, 0) is 11.3 Å². The Hall–Kier alpha value is -3.23. The van der Waals surface area contributed by atoms with Crippen LogP contribution in [0.3, 0.4) is 0 Å². The first-order valence-electron chi connectivity index (χ1n) is 10.4. The first kappa shape index (κ1) is 21.0. The smallest absolute Gasteiger partial charge is 0.219 e. The summed E-state index contributed by atoms with van der Waals surface area (Å²) in [6, 6.07) is 13.7. The highest BCUT2D eigenvalue weighted by Crippen LogP contribution is 2.23. The van der Waals surface area contributed by atoms with Gasteiger partial charge in [-0.25, -0.2) is 4.98 Å². The third-order valence-corrected chi connectivity index (χ3v) is 4.90. The van der Waals surface area contributed by atoms with Gasteiger partial charge < -0.3 is 9.47 Å². The summed E-state index contributed by atoms with van der Waals surface area (Å²) in [4.78, 5) is 15.5. The monoisotopic (exact) mass is 418 g/mol. The van der Waals surface area contributed by atoms with E-state index in [9.17, 15) is 0 Å². The number of morpholine rings is 1. The van der Waals surface area contributed by atoms with Gasteiger partial charge >= 0.3 is 0 Å². The molecule has 0 aliphatic carbocycles. The molecule has 0 unspecified atom stereocenters. The number of rotatable bonds is 8. The van der Waals surface area contributed by atoms with E-state index in [4.69, 9.17) is 9.47 Å². The second-order valence-electron chi connectivity index (χ2n) is 7.31. The van der Waals surface area contributed by atoms with Crippen molar-refractivity contribution in [1.29, 1.82) is 0 Å². The summed E-state index contributed by atoms with van der Waals surface area (Å²) in [6.07, 6.45) is 3.42. The zero-order chi connectivity index (χ0) is 21.3. The van der Waals surface area contributed by atoms with Crippen LogP contribution >= 0.6 is 0 Å². The van der Waals surface area contributed by atoms with Gasteiger partial charge in [0.05, 0.1) is 19.8 Å². The number of aryl methyl sites for hydroxylation is 1. The van der Waals surface area contributed by atoms with Crippen LogP contribution in [0.2, 0.25) is 0 Å². The van der Waals surface area contributed by atoms with E-state index in [0.29, 0.717) is 30.7 Å². The van der Waals surface area contributed by atoms with E-state index < -0.39 is 0 Å². The molecular formula is C23H26N6O2. The molecule has 3 heterocycles. The minimum Gasteiger partial charge on any atom is -0.476 e. The molecule has 8 heteroatoms. The van der Waals surface area contributed by atoms with Gasteiger partial charge in [-0.15, -0.1) is 5.11 Å². The molecule has 0 saturated carbocycles. The minimum atomic E-state index is 0.468. The summed E-state index contributed by atoms with van der Waals surface area (Å²) in [5, 5.41) is 8.65. The second kappa shape index (κ2) is 10.7. The summed E-state index contributed by atoms with van der Waals surface area (Å²) in [6.45, 7) is 7.29. The SMILES string of the molecule is Cc1cccc(CN=Nc2cc(OCCN3CCOCC3)nc(-c3ccncc3)n2)c1. The van der Waals surface area contributed by atoms with Crippen LogP contribution in [0.5, 0.6) is 5.88 Å². The molecule has 8 nitrogen and oxygen atoms in total. The third kappa shape index (κ3) is 6.37. The summed E-state index contributed by atoms with van der Waals surface area (Å²) in [5.41, 5.74) is 3.16. The minimum absolute atomic E-state index is 0.468. The summed E-state index contributed by atoms with van der Waals surface area (Å²) in [7, 11) is 0. The van der Waals surface area contributed by atoms with Crippen molar-refractivity contribution in [1.82, 2.24) is 19.9 Å². The van der Waals surface area contributed by atoms with E-state index in [1.54, 1.807) is 18.5 Å². The molecule has 1 aliphatic heterocycles. The molecule has 0 N–H and O–H groups in total. The van der Waals surface area contributed by atoms with Crippen molar-refractivity contribution in [2.75, 3.05) is 39.5 Å². The van der Waals surface area contributed by atoms with Crippen molar-refractivity contribution < 1.29 is 9.47 Å². The lowest BCUT2D eigenvalue weighted by atomic mass is 10.1. The Labute approximate surface area is 182 Å². The van der Waals surface area contributed by atoms with E-state index in [0.717, 1.165) is 44.0 Å². The predicted octanol–water partition coefficient (Wildman–Crippen LogP) is 3.84. The Morgan fingerprint density at radius 1 is 1.06 bits per heavy atom. The number of hydrogen-bond acceptors (Lipinski definition) is 8. The van der Waals surface area contributed by atoms with E-state index in [1.165, 1.54) is 5.56 Å². The average Bonchev–Trinajstić information content (AvgIpc) is 2.80. The number of aromatic nitrogens is 3. The Bertz CT molecular complexity index is 1010. The van der Waals surface area contributed by atoms with Gasteiger partial charge in [0.1, 0.15) is 6.61 Å². The van der Waals surface area contributed by atoms with Crippen LogP contribution in [0.4, 0.5) is 5.82 Å². The van der Waals surface area contributed by atoms with Gasteiger partial charge in [-0.1, -0.05) is 29.8 Å². The van der Waals surface area contributed by atoms with E-state index in [-0.39, 0.29) is 0 Å². The van der Waals surface area contributed by atoms with E-state index in [1.807, 2.05) is 24.3 Å². The standard InChI is InChI=1S/C23H26N6O2/c1-18-3-2-4-19(15-18)17-25-28-21-16-22(31-14-11-29-9-12-30-13-10-29)27-23(26-21)20-5-7-24-8-6-20/h2-8,15-16H,9-14,17H2,1H3. The maximum atomic E-state index is 5.94. The van der Waals surface area contributed by atoms with Gasteiger partial charge in [-0.3, -0.25) is 9.88 Å². The highest BCUT2D eigenvalue weighted by Gasteiger charge is 2.12. The van der Waals surface area contributed by atoms with Gasteiger partial charge in [-0.05, 0) is 24.6 Å². The van der Waals surface area contributed by atoms with Crippen molar-refractivity contribution in [3.63, 3.8) is 0 Å². The summed E-state index contributed by atoms with van der Waals surface area (Å²) < 4.78 is 11.3. The number of hydrogen-bond donors (Lipinski definition) is 0. The predicted molar refractivity (Wildman–Crippen MR) is 117 cm³/mol. The molecule has 1 aromatic carbocycles. The van der Waals surface area contributed by atoms with Gasteiger partial charge in [0, 0.05) is 43.7 Å². The molecular weight excluding hydrogens is 392 g/mol. The van der Waals surface area contributed by atoms with Crippen molar-refractivity contribution in [2.24, 2.45) is 10.2 Å². The van der Waals surface area contributed by atoms with Gasteiger partial charge in [-0.2, -0.15) is 10.1 Å². The number of benzene rings is 1. The Morgan fingerprint density at radius 2 is 1.90 bits per heavy atom. The fourth-order valence-corrected chi connectivity index (χ4v) is 3.27. The number of ether oxygens (including phenoxy) is 2. The van der Waals surface area contributed by atoms with Crippen LogP contribution in [0, 0.1) is 6.92 Å². The van der Waals surface area contributed by atoms with Crippen molar-refractivity contribution in [3.05, 3.63) is 66.0 Å². The Morgan fingerprint density at radius 3 is 2.71 bits per heavy atom. The molecule has 0 amide bonds. The second-order valence-corrected chi connectivity index (χ2v) is 7.31. The maximum Gasteiger partial charge on any atom is 0.219 e. The lowest BCUT2D eigenvalue weighted by molar-refractivity contribution is 0.0320. The lowest BCUT2D eigenvalue weighted by Gasteiger charge is -2.26. The maximum absolute atomic E-state index is 5.94. The van der Waals surface area contributed by atoms with Crippen LogP contribution < -0.4 is 4.74 Å². The fraction of sp³-hybridized carbons (Fsp3) is 0.348. The fourth-order valence-electron chi connectivity index (χ4n) is 3.27. The van der Waals surface area contributed by atoms with Crippen LogP contribution in [0.15, 0.2) is 65.1 Å². The van der Waals surface area contributed by atoms with Crippen molar-refractivity contribution in [2.45, 2.75) is 13.5 Å². The molecule has 4 rings (SSSR count). The normalized spacial score (nSPS) is 14.7. The lowest BCUT2D eigenvalue weighted by Crippen LogP contribution is -2.38. The molecule has 1 saturated heterocycles. The van der Waals surface area contributed by atoms with Crippen LogP contribution in [0.1, 0.15) is 11.1 Å². The number of nitrogens with zero attached hydrogens (tertiary/aromatic N) is 6. The average molecular weight is 419 g/mol. The third-order valence-electron chi connectivity index (χ3n) is 4.90. The molecule has 0 spiro atoms. The molecule has 0 radical (unpaired) electrons. The van der Waals surface area contributed by atoms with Crippen molar-refractivity contribution in [3.8, 4) is 17.3 Å². The Balaban J connectivity index is 1.48. The highest BCUT2D eigenvalue weighted by atomic mass is 16.5. The zero-order valence-corrected chi connectivity index (χ0v) is 17.6. The van der Waals surface area contributed by atoms with E-state index >= 15 is 0 Å². The summed E-state index contributed by atoms with van der Waals surface area (Å²) >= 11 is 0. The molecule has 2 aromatic heterocycles. The number of pyridine rings is 1. The topological polar surface area (TPSA) is 85.1 Å². The first-order valence-corrected chi connectivity index (χ1v) is 10.4. The molecule has 3 aromatic rings. The Kier molecular flexibility index (Phi) is 7.25. The van der Waals surface area contributed by atoms with Gasteiger partial charge in [0.25, 0.3) is 0 Å². The molecule has 0 bridgehead atoms. The molecule has 0 atom stereocenters. The zero-order valence-electron chi connectivity index (χ0n) is 17.6. The van der Waals surface area contributed by atoms with Crippen LogP contribution in [0.25, 0.3) is 11.4 Å². The number of azo groups is 1. The molecule has 1 aliphatic rings. The van der Waals surface area contributed by atoms with E-state index in [2.05, 4.69) is 49.1 Å². The van der Waals surface area contributed by atoms with Crippen molar-refractivity contribution >= 4 is 5.82 Å². The quantitative estimate of drug-likeness (QED) is 0.517. The summed E-state index contributed by atoms with van der Waals surface area (Å²) in [5.74, 6) is 1.49. The molecule has 31 heavy (non-hydrogen) atoms. The first-order chi connectivity index (χ1) is 15.3. The highest BCUT2D eigenvalue weighted by molar-refractivity contribution is 5.56. The molecule has 160 valence electrons. The van der Waals surface area contributed by atoms with Gasteiger partial charge in [0.15, 0.2) is 11.6 Å². The largest absolute Gasteiger partial charge is 0.476 e.